The van der Waals surface area contributed by atoms with Crippen molar-refractivity contribution in [1.82, 2.24) is 5.32 Å². The minimum Gasteiger partial charge on any atom is -0.325 e. The van der Waals surface area contributed by atoms with Crippen LogP contribution in [-0.2, 0) is 11.0 Å². The molecule has 1 aliphatic rings. The fraction of sp³-hybridized carbons (Fsp3) is 0.500. The van der Waals surface area contributed by atoms with Gasteiger partial charge in [-0.1, -0.05) is 12.8 Å². The average Bonchev–Trinajstić information content (AvgIpc) is 2.90. The zero-order valence-corrected chi connectivity index (χ0v) is 11.3. The SMILES string of the molecule is O=C(CNC1CCCC1)Nc1ccc(F)c(C(F)(F)F)c1. The van der Waals surface area contributed by atoms with Gasteiger partial charge in [-0.05, 0) is 31.0 Å². The first kappa shape index (κ1) is 15.8. The minimum absolute atomic E-state index is 0.0311. The maximum Gasteiger partial charge on any atom is 0.419 e. The lowest BCUT2D eigenvalue weighted by Crippen LogP contribution is -2.34. The maximum absolute atomic E-state index is 13.1. The Morgan fingerprint density at radius 1 is 1.24 bits per heavy atom. The molecule has 2 rings (SSSR count). The van der Waals surface area contributed by atoms with Gasteiger partial charge in [-0.2, -0.15) is 13.2 Å². The number of anilines is 1. The van der Waals surface area contributed by atoms with Crippen LogP contribution in [0.15, 0.2) is 18.2 Å². The molecule has 116 valence electrons. The zero-order chi connectivity index (χ0) is 15.5. The number of halogens is 4. The van der Waals surface area contributed by atoms with Gasteiger partial charge in [0.15, 0.2) is 0 Å². The molecule has 1 aliphatic carbocycles. The van der Waals surface area contributed by atoms with Crippen molar-refractivity contribution in [2.24, 2.45) is 0 Å². The molecule has 7 heteroatoms. The molecule has 0 atom stereocenters. The van der Waals surface area contributed by atoms with Crippen LogP contribution in [0.2, 0.25) is 0 Å². The summed E-state index contributed by atoms with van der Waals surface area (Å²) in [5.41, 5.74) is -1.45. The van der Waals surface area contributed by atoms with E-state index in [2.05, 4.69) is 10.6 Å². The van der Waals surface area contributed by atoms with E-state index < -0.39 is 23.5 Å². The Labute approximate surface area is 119 Å². The number of carbonyl (C=O) groups excluding carboxylic acids is 1. The summed E-state index contributed by atoms with van der Waals surface area (Å²) in [6.45, 7) is 0.0311. The Hall–Kier alpha value is -1.63. The van der Waals surface area contributed by atoms with E-state index in [4.69, 9.17) is 0 Å². The summed E-state index contributed by atoms with van der Waals surface area (Å²) in [4.78, 5) is 11.7. The van der Waals surface area contributed by atoms with Crippen LogP contribution in [0.3, 0.4) is 0 Å². The highest BCUT2D eigenvalue weighted by molar-refractivity contribution is 5.92. The molecule has 0 bridgehead atoms. The fourth-order valence-corrected chi connectivity index (χ4v) is 2.39. The molecule has 1 amide bonds. The van der Waals surface area contributed by atoms with Gasteiger partial charge in [0, 0.05) is 11.7 Å². The van der Waals surface area contributed by atoms with Crippen LogP contribution in [0.1, 0.15) is 31.2 Å². The van der Waals surface area contributed by atoms with Gasteiger partial charge < -0.3 is 10.6 Å². The summed E-state index contributed by atoms with van der Waals surface area (Å²) < 4.78 is 50.8. The predicted molar refractivity (Wildman–Crippen MR) is 70.3 cm³/mol. The van der Waals surface area contributed by atoms with Crippen molar-refractivity contribution >= 4 is 11.6 Å². The first-order valence-electron chi connectivity index (χ1n) is 6.76. The number of nitrogens with one attached hydrogen (secondary N) is 2. The molecule has 1 aromatic carbocycles. The van der Waals surface area contributed by atoms with Gasteiger partial charge in [-0.25, -0.2) is 4.39 Å². The number of benzene rings is 1. The zero-order valence-electron chi connectivity index (χ0n) is 11.3. The van der Waals surface area contributed by atoms with Crippen molar-refractivity contribution in [3.05, 3.63) is 29.6 Å². The largest absolute Gasteiger partial charge is 0.419 e. The van der Waals surface area contributed by atoms with Crippen molar-refractivity contribution in [1.29, 1.82) is 0 Å². The van der Waals surface area contributed by atoms with Gasteiger partial charge in [0.2, 0.25) is 5.91 Å². The second-order valence-electron chi connectivity index (χ2n) is 5.10. The lowest BCUT2D eigenvalue weighted by atomic mass is 10.2. The summed E-state index contributed by atoms with van der Waals surface area (Å²) in [6.07, 6.45) is -0.546. The highest BCUT2D eigenvalue weighted by Gasteiger charge is 2.34. The van der Waals surface area contributed by atoms with Crippen molar-refractivity contribution in [2.75, 3.05) is 11.9 Å². The molecule has 0 aliphatic heterocycles. The second kappa shape index (κ2) is 6.43. The molecule has 1 aromatic rings. The van der Waals surface area contributed by atoms with E-state index in [9.17, 15) is 22.4 Å². The Bertz CT molecular complexity index is 510. The van der Waals surface area contributed by atoms with E-state index in [0.29, 0.717) is 12.1 Å². The van der Waals surface area contributed by atoms with Gasteiger partial charge >= 0.3 is 6.18 Å². The van der Waals surface area contributed by atoms with Crippen molar-refractivity contribution in [3.8, 4) is 0 Å². The van der Waals surface area contributed by atoms with E-state index in [1.165, 1.54) is 0 Å². The van der Waals surface area contributed by atoms with Crippen molar-refractivity contribution < 1.29 is 22.4 Å². The standard InChI is InChI=1S/C14H16F4N2O/c15-12-6-5-10(7-11(12)14(16,17)18)20-13(21)8-19-9-3-1-2-4-9/h5-7,9,19H,1-4,8H2,(H,20,21). The highest BCUT2D eigenvalue weighted by atomic mass is 19.4. The molecule has 0 unspecified atom stereocenters. The number of amides is 1. The topological polar surface area (TPSA) is 41.1 Å². The van der Waals surface area contributed by atoms with Crippen LogP contribution >= 0.6 is 0 Å². The van der Waals surface area contributed by atoms with Gasteiger partial charge in [0.05, 0.1) is 12.1 Å². The van der Waals surface area contributed by atoms with Crippen LogP contribution in [0.25, 0.3) is 0 Å². The molecule has 2 N–H and O–H groups in total. The van der Waals surface area contributed by atoms with E-state index in [-0.39, 0.29) is 18.3 Å². The van der Waals surface area contributed by atoms with E-state index in [1.807, 2.05) is 0 Å². The van der Waals surface area contributed by atoms with Crippen LogP contribution in [-0.4, -0.2) is 18.5 Å². The van der Waals surface area contributed by atoms with Crippen molar-refractivity contribution in [2.45, 2.75) is 37.9 Å². The molecule has 3 nitrogen and oxygen atoms in total. The quantitative estimate of drug-likeness (QED) is 0.838. The number of alkyl halides is 3. The smallest absolute Gasteiger partial charge is 0.325 e. The van der Waals surface area contributed by atoms with Crippen LogP contribution < -0.4 is 10.6 Å². The molecular formula is C14H16F4N2O. The molecule has 0 spiro atoms. The first-order chi connectivity index (χ1) is 9.86. The predicted octanol–water partition coefficient (Wildman–Crippen LogP) is 3.32. The number of rotatable bonds is 4. The lowest BCUT2D eigenvalue weighted by Gasteiger charge is -2.13. The number of carbonyl (C=O) groups is 1. The lowest BCUT2D eigenvalue weighted by molar-refractivity contribution is -0.140. The normalized spacial score (nSPS) is 16.2. The molecule has 0 radical (unpaired) electrons. The van der Waals surface area contributed by atoms with E-state index >= 15 is 0 Å². The molecule has 1 fully saturated rings. The van der Waals surface area contributed by atoms with Crippen LogP contribution in [0, 0.1) is 5.82 Å². The Balaban J connectivity index is 1.94. The maximum atomic E-state index is 13.1. The van der Waals surface area contributed by atoms with E-state index in [1.54, 1.807) is 0 Å². The third-order valence-electron chi connectivity index (χ3n) is 3.46. The highest BCUT2D eigenvalue weighted by Crippen LogP contribution is 2.32. The summed E-state index contributed by atoms with van der Waals surface area (Å²) in [6, 6.07) is 2.69. The van der Waals surface area contributed by atoms with Gasteiger partial charge in [0.1, 0.15) is 5.82 Å². The number of hydrogen-bond donors (Lipinski definition) is 2. The summed E-state index contributed by atoms with van der Waals surface area (Å²) in [5, 5.41) is 5.39. The molecule has 0 saturated heterocycles. The Morgan fingerprint density at radius 2 is 1.90 bits per heavy atom. The number of hydrogen-bond acceptors (Lipinski definition) is 2. The van der Waals surface area contributed by atoms with E-state index in [0.717, 1.165) is 31.7 Å². The molecular weight excluding hydrogens is 288 g/mol. The fourth-order valence-electron chi connectivity index (χ4n) is 2.39. The van der Waals surface area contributed by atoms with Gasteiger partial charge in [-0.15, -0.1) is 0 Å². The molecule has 1 saturated carbocycles. The van der Waals surface area contributed by atoms with Crippen LogP contribution in [0.4, 0.5) is 23.2 Å². The third-order valence-corrected chi connectivity index (χ3v) is 3.46. The average molecular weight is 304 g/mol. The van der Waals surface area contributed by atoms with Crippen molar-refractivity contribution in [3.63, 3.8) is 0 Å². The minimum atomic E-state index is -4.78. The summed E-state index contributed by atoms with van der Waals surface area (Å²) in [5.74, 6) is -1.80. The molecule has 0 aromatic heterocycles. The van der Waals surface area contributed by atoms with Gasteiger partial charge in [-0.3, -0.25) is 4.79 Å². The van der Waals surface area contributed by atoms with Crippen LogP contribution in [0.5, 0.6) is 0 Å². The Kier molecular flexibility index (Phi) is 4.82. The van der Waals surface area contributed by atoms with Gasteiger partial charge in [0.25, 0.3) is 0 Å². The molecule has 21 heavy (non-hydrogen) atoms. The molecule has 0 heterocycles. The second-order valence-corrected chi connectivity index (χ2v) is 5.10. The first-order valence-corrected chi connectivity index (χ1v) is 6.76. The summed E-state index contributed by atoms with van der Waals surface area (Å²) >= 11 is 0. The monoisotopic (exact) mass is 304 g/mol. The third kappa shape index (κ3) is 4.42. The summed E-state index contributed by atoms with van der Waals surface area (Å²) in [7, 11) is 0. The Morgan fingerprint density at radius 3 is 2.52 bits per heavy atom.